The molecule has 1 saturated heterocycles. The summed E-state index contributed by atoms with van der Waals surface area (Å²) >= 11 is 12.6. The average molecular weight is 461 g/mol. The second-order valence-corrected chi connectivity index (χ2v) is 8.29. The molecule has 0 radical (unpaired) electrons. The Balaban J connectivity index is 1.77. The van der Waals surface area contributed by atoms with Gasteiger partial charge in [0.1, 0.15) is 5.69 Å². The van der Waals surface area contributed by atoms with Gasteiger partial charge in [-0.05, 0) is 25.1 Å². The van der Waals surface area contributed by atoms with Crippen LogP contribution < -0.4 is 5.73 Å². The number of aromatic nitrogens is 3. The molecule has 1 fully saturated rings. The van der Waals surface area contributed by atoms with E-state index in [0.29, 0.717) is 42.0 Å². The molecule has 2 amide bonds. The van der Waals surface area contributed by atoms with Crippen molar-refractivity contribution in [3.05, 3.63) is 51.4 Å². The molecule has 3 heterocycles. The lowest BCUT2D eigenvalue weighted by molar-refractivity contribution is -0.130. The molecule has 0 atom stereocenters. The van der Waals surface area contributed by atoms with Crippen molar-refractivity contribution in [2.45, 2.75) is 20.4 Å². The Morgan fingerprint density at radius 1 is 1.10 bits per heavy atom. The number of amides is 2. The van der Waals surface area contributed by atoms with E-state index in [1.54, 1.807) is 32.5 Å². The number of carbonyl (C=O) groups is 2. The van der Waals surface area contributed by atoms with E-state index in [1.807, 2.05) is 13.0 Å². The Morgan fingerprint density at radius 3 is 2.39 bits per heavy atom. The fourth-order valence-electron chi connectivity index (χ4n) is 3.86. The SMILES string of the molecule is CC(=O)N1CCN(C(=O)c2cn3c(-c4ccc(Cl)cc4Cl)c(CN)c(C)nc3n2)CC1. The van der Waals surface area contributed by atoms with Gasteiger partial charge in [0.2, 0.25) is 11.7 Å². The largest absolute Gasteiger partial charge is 0.339 e. The molecule has 31 heavy (non-hydrogen) atoms. The van der Waals surface area contributed by atoms with Gasteiger partial charge >= 0.3 is 0 Å². The fourth-order valence-corrected chi connectivity index (χ4v) is 4.35. The van der Waals surface area contributed by atoms with Crippen LogP contribution in [0.3, 0.4) is 0 Å². The molecule has 4 rings (SSSR count). The molecule has 2 N–H and O–H groups in total. The highest BCUT2D eigenvalue weighted by Crippen LogP contribution is 2.34. The first kappa shape index (κ1) is 21.5. The van der Waals surface area contributed by atoms with Crippen LogP contribution in [0.4, 0.5) is 0 Å². The third kappa shape index (κ3) is 3.98. The number of hydrogen-bond donors (Lipinski definition) is 1. The number of halogens is 2. The van der Waals surface area contributed by atoms with Crippen LogP contribution in [0.15, 0.2) is 24.4 Å². The van der Waals surface area contributed by atoms with Gasteiger partial charge in [0.25, 0.3) is 5.91 Å². The number of imidazole rings is 1. The number of nitrogens with two attached hydrogens (primary N) is 1. The number of benzene rings is 1. The molecule has 0 bridgehead atoms. The second-order valence-electron chi connectivity index (χ2n) is 7.45. The molecule has 1 aliphatic heterocycles. The predicted molar refractivity (Wildman–Crippen MR) is 119 cm³/mol. The minimum Gasteiger partial charge on any atom is -0.339 e. The normalized spacial score (nSPS) is 14.4. The predicted octanol–water partition coefficient (Wildman–Crippen LogP) is 2.77. The van der Waals surface area contributed by atoms with E-state index < -0.39 is 0 Å². The van der Waals surface area contributed by atoms with E-state index in [-0.39, 0.29) is 24.1 Å². The zero-order valence-electron chi connectivity index (χ0n) is 17.2. The van der Waals surface area contributed by atoms with Crippen LogP contribution in [0.2, 0.25) is 10.0 Å². The topological polar surface area (TPSA) is 96.8 Å². The highest BCUT2D eigenvalue weighted by atomic mass is 35.5. The third-order valence-corrected chi connectivity index (χ3v) is 6.09. The van der Waals surface area contributed by atoms with Crippen molar-refractivity contribution in [1.82, 2.24) is 24.2 Å². The summed E-state index contributed by atoms with van der Waals surface area (Å²) in [6.45, 7) is 5.57. The molecule has 8 nitrogen and oxygen atoms in total. The first-order valence-electron chi connectivity index (χ1n) is 9.89. The number of fused-ring (bicyclic) bond motifs is 1. The van der Waals surface area contributed by atoms with E-state index in [2.05, 4.69) is 9.97 Å². The maximum absolute atomic E-state index is 13.1. The van der Waals surface area contributed by atoms with Crippen molar-refractivity contribution < 1.29 is 9.59 Å². The van der Waals surface area contributed by atoms with Crippen molar-refractivity contribution in [3.8, 4) is 11.3 Å². The van der Waals surface area contributed by atoms with E-state index in [0.717, 1.165) is 22.5 Å². The molecule has 10 heteroatoms. The molecular formula is C21H22Cl2N6O2. The van der Waals surface area contributed by atoms with Crippen molar-refractivity contribution in [3.63, 3.8) is 0 Å². The van der Waals surface area contributed by atoms with Crippen molar-refractivity contribution in [2.24, 2.45) is 5.73 Å². The van der Waals surface area contributed by atoms with Gasteiger partial charge in [-0.25, -0.2) is 9.97 Å². The quantitative estimate of drug-likeness (QED) is 0.647. The number of aryl methyl sites for hydroxylation is 1. The van der Waals surface area contributed by atoms with Gasteiger partial charge in [-0.2, -0.15) is 0 Å². The molecule has 0 spiro atoms. The van der Waals surface area contributed by atoms with Gasteiger partial charge in [-0.3, -0.25) is 14.0 Å². The highest BCUT2D eigenvalue weighted by Gasteiger charge is 2.26. The van der Waals surface area contributed by atoms with Crippen LogP contribution in [0.1, 0.15) is 28.7 Å². The molecule has 0 saturated carbocycles. The number of carbonyl (C=O) groups excluding carboxylic acids is 2. The van der Waals surface area contributed by atoms with Crippen LogP contribution in [0, 0.1) is 6.92 Å². The summed E-state index contributed by atoms with van der Waals surface area (Å²) in [4.78, 5) is 37.1. The molecule has 0 unspecified atom stereocenters. The van der Waals surface area contributed by atoms with E-state index in [9.17, 15) is 9.59 Å². The summed E-state index contributed by atoms with van der Waals surface area (Å²) in [5.74, 6) is 0.202. The fraction of sp³-hybridized carbons (Fsp3) is 0.333. The smallest absolute Gasteiger partial charge is 0.274 e. The van der Waals surface area contributed by atoms with Crippen LogP contribution >= 0.6 is 23.2 Å². The summed E-state index contributed by atoms with van der Waals surface area (Å²) in [7, 11) is 0. The Labute approximate surface area is 189 Å². The minimum absolute atomic E-state index is 0.0123. The lowest BCUT2D eigenvalue weighted by Crippen LogP contribution is -2.50. The molecule has 2 aromatic heterocycles. The summed E-state index contributed by atoms with van der Waals surface area (Å²) in [6.07, 6.45) is 1.67. The van der Waals surface area contributed by atoms with Crippen molar-refractivity contribution in [2.75, 3.05) is 26.2 Å². The Bertz CT molecular complexity index is 1180. The van der Waals surface area contributed by atoms with Crippen molar-refractivity contribution in [1.29, 1.82) is 0 Å². The van der Waals surface area contributed by atoms with Gasteiger partial charge < -0.3 is 15.5 Å². The Morgan fingerprint density at radius 2 is 1.77 bits per heavy atom. The molecule has 1 aliphatic rings. The van der Waals surface area contributed by atoms with Crippen LogP contribution in [0.5, 0.6) is 0 Å². The lowest BCUT2D eigenvalue weighted by Gasteiger charge is -2.33. The Kier molecular flexibility index (Phi) is 5.88. The molecule has 1 aromatic carbocycles. The summed E-state index contributed by atoms with van der Waals surface area (Å²) in [6, 6.07) is 5.24. The van der Waals surface area contributed by atoms with Gasteiger partial charge in [0.15, 0.2) is 0 Å². The van der Waals surface area contributed by atoms with Crippen LogP contribution in [0.25, 0.3) is 17.0 Å². The van der Waals surface area contributed by atoms with E-state index in [4.69, 9.17) is 28.9 Å². The van der Waals surface area contributed by atoms with E-state index in [1.165, 1.54) is 6.92 Å². The molecular weight excluding hydrogens is 439 g/mol. The first-order chi connectivity index (χ1) is 14.8. The van der Waals surface area contributed by atoms with Crippen LogP contribution in [-0.4, -0.2) is 62.2 Å². The third-order valence-electron chi connectivity index (χ3n) is 5.54. The lowest BCUT2D eigenvalue weighted by atomic mass is 10.0. The summed E-state index contributed by atoms with van der Waals surface area (Å²) < 4.78 is 1.75. The van der Waals surface area contributed by atoms with Gasteiger partial charge in [0.05, 0.1) is 10.7 Å². The van der Waals surface area contributed by atoms with Gasteiger partial charge in [-0.15, -0.1) is 0 Å². The van der Waals surface area contributed by atoms with Crippen molar-refractivity contribution >= 4 is 40.8 Å². The van der Waals surface area contributed by atoms with E-state index >= 15 is 0 Å². The first-order valence-corrected chi connectivity index (χ1v) is 10.6. The zero-order chi connectivity index (χ0) is 22.3. The summed E-state index contributed by atoms with van der Waals surface area (Å²) in [5, 5.41) is 0.993. The van der Waals surface area contributed by atoms with Gasteiger partial charge in [-0.1, -0.05) is 23.2 Å². The summed E-state index contributed by atoms with van der Waals surface area (Å²) in [5.41, 5.74) is 9.30. The average Bonchev–Trinajstić information content (AvgIpc) is 3.16. The molecule has 3 aromatic rings. The maximum atomic E-state index is 13.1. The second kappa shape index (κ2) is 8.45. The maximum Gasteiger partial charge on any atom is 0.274 e. The highest BCUT2D eigenvalue weighted by molar-refractivity contribution is 6.36. The number of hydrogen-bond acceptors (Lipinski definition) is 5. The number of rotatable bonds is 3. The minimum atomic E-state index is -0.200. The molecule has 162 valence electrons. The number of nitrogens with zero attached hydrogens (tertiary/aromatic N) is 5. The Hall–Kier alpha value is -2.68. The monoisotopic (exact) mass is 460 g/mol. The van der Waals surface area contributed by atoms with Crippen LogP contribution in [-0.2, 0) is 11.3 Å². The standard InChI is InChI=1S/C21H22Cl2N6O2/c1-12-16(10-24)19(15-4-3-14(22)9-17(15)23)29-11-18(26-21(29)25-12)20(31)28-7-5-27(6-8-28)13(2)30/h3-4,9,11H,5-8,10,24H2,1-2H3. The molecule has 0 aliphatic carbocycles. The zero-order valence-corrected chi connectivity index (χ0v) is 18.7. The van der Waals surface area contributed by atoms with Gasteiger partial charge in [0, 0.05) is 67.7 Å². The number of piperazine rings is 1.